The molecule has 2 rings (SSSR count). The van der Waals surface area contributed by atoms with E-state index in [-0.39, 0.29) is 0 Å². The highest BCUT2D eigenvalue weighted by Crippen LogP contribution is 2.40. The third-order valence-corrected chi connectivity index (χ3v) is 4.20. The van der Waals surface area contributed by atoms with Crippen LogP contribution >= 0.6 is 0 Å². The maximum Gasteiger partial charge on any atom is 0.114 e. The summed E-state index contributed by atoms with van der Waals surface area (Å²) in [6.45, 7) is 6.88. The Morgan fingerprint density at radius 2 is 1.88 bits per heavy atom. The fraction of sp³-hybridized carbons (Fsp3) is 0.833. The number of fused-ring (bicyclic) bond motifs is 1. The second kappa shape index (κ2) is 4.60. The molecule has 0 bridgehead atoms. The molecular formula is C12H21BN3. The molecule has 1 aliphatic rings. The molecule has 16 heavy (non-hydrogen) atoms. The van der Waals surface area contributed by atoms with Gasteiger partial charge in [0.25, 0.3) is 0 Å². The summed E-state index contributed by atoms with van der Waals surface area (Å²) >= 11 is 0. The first-order valence-corrected chi connectivity index (χ1v) is 6.32. The van der Waals surface area contributed by atoms with Crippen molar-refractivity contribution in [2.75, 3.05) is 0 Å². The van der Waals surface area contributed by atoms with E-state index < -0.39 is 0 Å². The van der Waals surface area contributed by atoms with Crippen molar-refractivity contribution in [1.82, 2.24) is 15.4 Å². The van der Waals surface area contributed by atoms with Gasteiger partial charge in [0.2, 0.25) is 0 Å². The first-order valence-electron chi connectivity index (χ1n) is 6.32. The van der Waals surface area contributed by atoms with Gasteiger partial charge in [-0.05, 0) is 31.6 Å². The minimum Gasteiger partial charge on any atom is -0.197 e. The molecule has 3 nitrogen and oxygen atoms in total. The summed E-state index contributed by atoms with van der Waals surface area (Å²) in [6, 6.07) is 0. The van der Waals surface area contributed by atoms with Crippen LogP contribution in [0.1, 0.15) is 44.5 Å². The quantitative estimate of drug-likeness (QED) is 0.775. The average Bonchev–Trinajstić information content (AvgIpc) is 2.64. The summed E-state index contributed by atoms with van der Waals surface area (Å²) in [5.74, 6) is 0.780. The Morgan fingerprint density at radius 3 is 2.56 bits per heavy atom. The lowest BCUT2D eigenvalue weighted by Crippen LogP contribution is -2.24. The predicted octanol–water partition coefficient (Wildman–Crippen LogP) is 2.64. The van der Waals surface area contributed by atoms with E-state index in [2.05, 4.69) is 43.4 Å². The van der Waals surface area contributed by atoms with Crippen molar-refractivity contribution in [2.24, 2.45) is 5.92 Å². The van der Waals surface area contributed by atoms with Gasteiger partial charge in [-0.15, -0.1) is 0 Å². The summed E-state index contributed by atoms with van der Waals surface area (Å²) in [5, 5.41) is 11.6. The maximum atomic E-state index is 4.25. The highest BCUT2D eigenvalue weighted by Gasteiger charge is 2.29. The second-order valence-corrected chi connectivity index (χ2v) is 5.45. The molecule has 1 atom stereocenters. The van der Waals surface area contributed by atoms with Gasteiger partial charge in [0.15, 0.2) is 0 Å². The highest BCUT2D eigenvalue weighted by molar-refractivity contribution is 6.38. The second-order valence-electron chi connectivity index (χ2n) is 5.45. The first-order chi connectivity index (χ1) is 7.63. The topological polar surface area (TPSA) is 41.6 Å². The number of nitrogens with one attached hydrogen (secondary N) is 1. The standard InChI is InChI=1S/C12H21BN3/c1-12(2,13-3)9-5-4-6-10-11(8-7-9)15-16-14-10/h9H,4-8H2,1-3H3,(H,14,15,16). The van der Waals surface area contributed by atoms with E-state index in [0.29, 0.717) is 5.31 Å². The molecule has 0 aliphatic heterocycles. The van der Waals surface area contributed by atoms with E-state index in [1.165, 1.54) is 30.7 Å². The van der Waals surface area contributed by atoms with E-state index in [9.17, 15) is 0 Å². The van der Waals surface area contributed by atoms with Crippen molar-refractivity contribution < 1.29 is 0 Å². The number of aryl methyl sites for hydroxylation is 2. The molecule has 0 saturated heterocycles. The Kier molecular flexibility index (Phi) is 3.36. The maximum absolute atomic E-state index is 4.25. The van der Waals surface area contributed by atoms with Crippen LogP contribution in [-0.2, 0) is 12.8 Å². The van der Waals surface area contributed by atoms with Crippen LogP contribution in [0.2, 0.25) is 12.1 Å². The lowest BCUT2D eigenvalue weighted by Gasteiger charge is -2.34. The van der Waals surface area contributed by atoms with Gasteiger partial charge in [-0.2, -0.15) is 15.4 Å². The minimum absolute atomic E-state index is 0.348. The third-order valence-electron chi connectivity index (χ3n) is 4.20. The Bertz CT molecular complexity index is 346. The molecule has 1 N–H and O–H groups in total. The number of aromatic nitrogens is 3. The molecule has 1 aromatic rings. The van der Waals surface area contributed by atoms with Crippen LogP contribution in [0.15, 0.2) is 0 Å². The number of rotatable bonds is 2. The van der Waals surface area contributed by atoms with E-state index in [1.807, 2.05) is 0 Å². The fourth-order valence-corrected chi connectivity index (χ4v) is 2.63. The zero-order chi connectivity index (χ0) is 11.6. The van der Waals surface area contributed by atoms with Crippen molar-refractivity contribution in [2.45, 2.75) is 58.1 Å². The number of nitrogens with zero attached hydrogens (tertiary/aromatic N) is 2. The molecule has 1 aromatic heterocycles. The normalized spacial score (nSPS) is 22.1. The molecule has 87 valence electrons. The van der Waals surface area contributed by atoms with Crippen molar-refractivity contribution in [3.05, 3.63) is 11.4 Å². The van der Waals surface area contributed by atoms with Crippen molar-refractivity contribution >= 4 is 7.28 Å². The Labute approximate surface area is 98.6 Å². The molecule has 0 amide bonds. The lowest BCUT2D eigenvalue weighted by molar-refractivity contribution is 0.335. The molecule has 1 unspecified atom stereocenters. The van der Waals surface area contributed by atoms with Crippen LogP contribution in [0, 0.1) is 5.92 Å². The molecule has 0 saturated carbocycles. The average molecular weight is 218 g/mol. The molecule has 0 spiro atoms. The largest absolute Gasteiger partial charge is 0.197 e. The van der Waals surface area contributed by atoms with E-state index in [0.717, 1.165) is 18.8 Å². The van der Waals surface area contributed by atoms with Gasteiger partial charge in [0.05, 0.1) is 11.4 Å². The smallest absolute Gasteiger partial charge is 0.114 e. The van der Waals surface area contributed by atoms with Gasteiger partial charge in [0, 0.05) is 0 Å². The van der Waals surface area contributed by atoms with Gasteiger partial charge in [0.1, 0.15) is 7.28 Å². The van der Waals surface area contributed by atoms with Crippen molar-refractivity contribution in [3.8, 4) is 0 Å². The SMILES string of the molecule is C[B]C(C)(C)C1CCCc2n[nH]nc2CC1. The zero-order valence-electron chi connectivity index (χ0n) is 10.6. The van der Waals surface area contributed by atoms with Crippen molar-refractivity contribution in [3.63, 3.8) is 0 Å². The number of aromatic amines is 1. The molecular weight excluding hydrogens is 197 g/mol. The van der Waals surface area contributed by atoms with Gasteiger partial charge in [-0.3, -0.25) is 0 Å². The number of H-pyrrole nitrogens is 1. The summed E-state index contributed by atoms with van der Waals surface area (Å²) < 4.78 is 0. The summed E-state index contributed by atoms with van der Waals surface area (Å²) in [6.07, 6.45) is 5.94. The Hall–Kier alpha value is -0.795. The monoisotopic (exact) mass is 218 g/mol. The first kappa shape index (κ1) is 11.7. The number of hydrogen-bond acceptors (Lipinski definition) is 2. The molecule has 1 radical (unpaired) electrons. The van der Waals surface area contributed by atoms with Crippen LogP contribution in [0.5, 0.6) is 0 Å². The molecule has 0 aromatic carbocycles. The number of hydrogen-bond donors (Lipinski definition) is 1. The Morgan fingerprint density at radius 1 is 1.19 bits per heavy atom. The summed E-state index contributed by atoms with van der Waals surface area (Å²) in [7, 11) is 2.35. The molecule has 1 aliphatic carbocycles. The van der Waals surface area contributed by atoms with Crippen LogP contribution in [-0.4, -0.2) is 22.7 Å². The van der Waals surface area contributed by atoms with Crippen LogP contribution in [0.25, 0.3) is 0 Å². The fourth-order valence-electron chi connectivity index (χ4n) is 2.63. The predicted molar refractivity (Wildman–Crippen MR) is 66.8 cm³/mol. The lowest BCUT2D eigenvalue weighted by atomic mass is 9.49. The molecule has 4 heteroatoms. The van der Waals surface area contributed by atoms with E-state index >= 15 is 0 Å². The molecule has 1 heterocycles. The minimum atomic E-state index is 0.348. The van der Waals surface area contributed by atoms with Gasteiger partial charge in [-0.25, -0.2) is 0 Å². The van der Waals surface area contributed by atoms with Crippen LogP contribution in [0.3, 0.4) is 0 Å². The molecule has 0 fully saturated rings. The zero-order valence-corrected chi connectivity index (χ0v) is 10.6. The van der Waals surface area contributed by atoms with Crippen LogP contribution in [0.4, 0.5) is 0 Å². The van der Waals surface area contributed by atoms with E-state index in [1.54, 1.807) is 0 Å². The van der Waals surface area contributed by atoms with Gasteiger partial charge < -0.3 is 0 Å². The highest BCUT2D eigenvalue weighted by atomic mass is 15.3. The third kappa shape index (κ3) is 2.31. The van der Waals surface area contributed by atoms with Gasteiger partial charge in [-0.1, -0.05) is 32.4 Å². The van der Waals surface area contributed by atoms with Gasteiger partial charge >= 0.3 is 0 Å². The van der Waals surface area contributed by atoms with Crippen molar-refractivity contribution in [1.29, 1.82) is 0 Å². The summed E-state index contributed by atoms with van der Waals surface area (Å²) in [5.41, 5.74) is 2.38. The van der Waals surface area contributed by atoms with E-state index in [4.69, 9.17) is 0 Å². The summed E-state index contributed by atoms with van der Waals surface area (Å²) in [4.78, 5) is 0. The van der Waals surface area contributed by atoms with Crippen LogP contribution < -0.4 is 0 Å². The Balaban J connectivity index is 2.08.